The molecule has 2 aromatic carbocycles. The van der Waals surface area contributed by atoms with Gasteiger partial charge in [-0.2, -0.15) is 5.26 Å². The van der Waals surface area contributed by atoms with E-state index in [0.29, 0.717) is 17.9 Å². The van der Waals surface area contributed by atoms with Crippen LogP contribution >= 0.6 is 0 Å². The Hall–Kier alpha value is -3.19. The van der Waals surface area contributed by atoms with Gasteiger partial charge >= 0.3 is 0 Å². The third kappa shape index (κ3) is 3.92. The van der Waals surface area contributed by atoms with Crippen molar-refractivity contribution in [2.24, 2.45) is 0 Å². The van der Waals surface area contributed by atoms with Crippen LogP contribution in [0.3, 0.4) is 0 Å². The predicted octanol–water partition coefficient (Wildman–Crippen LogP) is 4.18. The van der Waals surface area contributed by atoms with Crippen LogP contribution in [0.25, 0.3) is 6.08 Å². The van der Waals surface area contributed by atoms with Crippen LogP contribution in [-0.2, 0) is 0 Å². The third-order valence-electron chi connectivity index (χ3n) is 3.06. The van der Waals surface area contributed by atoms with Crippen LogP contribution in [0.1, 0.15) is 15.9 Å². The van der Waals surface area contributed by atoms with E-state index in [1.54, 1.807) is 36.4 Å². The molecule has 0 aliphatic carbocycles. The summed E-state index contributed by atoms with van der Waals surface area (Å²) in [6, 6.07) is 14.4. The van der Waals surface area contributed by atoms with E-state index in [4.69, 9.17) is 4.74 Å². The lowest BCUT2D eigenvalue weighted by molar-refractivity contribution is 0.103. The van der Waals surface area contributed by atoms with Gasteiger partial charge in [0.25, 0.3) is 0 Å². The van der Waals surface area contributed by atoms with Crippen molar-refractivity contribution in [3.8, 4) is 11.8 Å². The Morgan fingerprint density at radius 3 is 2.61 bits per heavy atom. The summed E-state index contributed by atoms with van der Waals surface area (Å²) < 4.78 is 19.2. The highest BCUT2D eigenvalue weighted by Gasteiger charge is 2.16. The van der Waals surface area contributed by atoms with Crippen LogP contribution < -0.4 is 4.74 Å². The number of Topliss-reactive ketones (excluding diaryl/α,β-unsaturated/α-hetero) is 1. The highest BCUT2D eigenvalue weighted by molar-refractivity contribution is 6.14. The van der Waals surface area contributed by atoms with Crippen molar-refractivity contribution >= 4 is 11.9 Å². The first-order valence-corrected chi connectivity index (χ1v) is 6.91. The number of carbonyl (C=O) groups excluding carboxylic acids is 1. The molecule has 0 unspecified atom stereocenters. The number of benzene rings is 2. The normalized spacial score (nSPS) is 10.7. The number of allylic oxidation sites excluding steroid dienone is 1. The average molecular weight is 307 g/mol. The summed E-state index contributed by atoms with van der Waals surface area (Å²) in [5.41, 5.74) is 0.269. The van der Waals surface area contributed by atoms with E-state index in [2.05, 4.69) is 6.58 Å². The summed E-state index contributed by atoms with van der Waals surface area (Å²) in [5, 5.41) is 9.26. The standard InChI is InChI=1S/C19H14FNO2/c1-2-11-23-18-10-6-3-7-14(18)12-15(13-21)19(22)16-8-4-5-9-17(16)20/h2-10,12H,1,11H2/b15-12+. The summed E-state index contributed by atoms with van der Waals surface area (Å²) in [4.78, 5) is 12.3. The molecule has 0 aromatic heterocycles. The number of hydrogen-bond donors (Lipinski definition) is 0. The Bertz CT molecular complexity index is 803. The van der Waals surface area contributed by atoms with Gasteiger partial charge in [-0.1, -0.05) is 43.0 Å². The monoisotopic (exact) mass is 307 g/mol. The second-order valence-corrected chi connectivity index (χ2v) is 4.62. The second-order valence-electron chi connectivity index (χ2n) is 4.62. The summed E-state index contributed by atoms with van der Waals surface area (Å²) in [6.07, 6.45) is 2.99. The highest BCUT2D eigenvalue weighted by Crippen LogP contribution is 2.22. The number of nitrogens with zero attached hydrogens (tertiary/aromatic N) is 1. The zero-order valence-electron chi connectivity index (χ0n) is 12.3. The fraction of sp³-hybridized carbons (Fsp3) is 0.0526. The van der Waals surface area contributed by atoms with Gasteiger partial charge < -0.3 is 4.74 Å². The van der Waals surface area contributed by atoms with Crippen LogP contribution in [-0.4, -0.2) is 12.4 Å². The second kappa shape index (κ2) is 7.71. The van der Waals surface area contributed by atoms with Gasteiger partial charge in [-0.15, -0.1) is 0 Å². The number of rotatable bonds is 6. The number of para-hydroxylation sites is 1. The lowest BCUT2D eigenvalue weighted by atomic mass is 10.0. The molecule has 0 aliphatic rings. The number of carbonyl (C=O) groups is 1. The molecule has 0 amide bonds. The van der Waals surface area contributed by atoms with Crippen LogP contribution in [0.5, 0.6) is 5.75 Å². The maximum absolute atomic E-state index is 13.7. The Morgan fingerprint density at radius 1 is 1.22 bits per heavy atom. The van der Waals surface area contributed by atoms with Crippen LogP contribution in [0.15, 0.2) is 66.8 Å². The lowest BCUT2D eigenvalue weighted by Gasteiger charge is -2.07. The zero-order valence-corrected chi connectivity index (χ0v) is 12.3. The molecule has 114 valence electrons. The Kier molecular flexibility index (Phi) is 5.43. The Labute approximate surface area is 133 Å². The fourth-order valence-electron chi connectivity index (χ4n) is 1.97. The summed E-state index contributed by atoms with van der Waals surface area (Å²) in [7, 11) is 0. The van der Waals surface area contributed by atoms with Crippen molar-refractivity contribution in [3.05, 3.63) is 83.7 Å². The van der Waals surface area contributed by atoms with Crippen molar-refractivity contribution in [2.45, 2.75) is 0 Å². The molecule has 0 spiro atoms. The van der Waals surface area contributed by atoms with Crippen molar-refractivity contribution in [3.63, 3.8) is 0 Å². The molecule has 0 aliphatic heterocycles. The number of ether oxygens (including phenoxy) is 1. The number of hydrogen-bond acceptors (Lipinski definition) is 3. The molecule has 0 bridgehead atoms. The first-order valence-electron chi connectivity index (χ1n) is 6.91. The van der Waals surface area contributed by atoms with E-state index in [1.807, 2.05) is 6.07 Å². The van der Waals surface area contributed by atoms with Gasteiger partial charge in [-0.25, -0.2) is 4.39 Å². The number of ketones is 1. The van der Waals surface area contributed by atoms with Crippen molar-refractivity contribution in [1.29, 1.82) is 5.26 Å². The van der Waals surface area contributed by atoms with Gasteiger partial charge in [-0.05, 0) is 24.3 Å². The van der Waals surface area contributed by atoms with E-state index in [0.717, 1.165) is 0 Å². The van der Waals surface area contributed by atoms with Crippen molar-refractivity contribution in [2.75, 3.05) is 6.61 Å². The lowest BCUT2D eigenvalue weighted by Crippen LogP contribution is -2.05. The number of nitriles is 1. The predicted molar refractivity (Wildman–Crippen MR) is 86.5 cm³/mol. The van der Waals surface area contributed by atoms with Gasteiger partial charge in [-0.3, -0.25) is 4.79 Å². The van der Waals surface area contributed by atoms with Gasteiger partial charge in [0.2, 0.25) is 5.78 Å². The highest BCUT2D eigenvalue weighted by atomic mass is 19.1. The van der Waals surface area contributed by atoms with E-state index in [9.17, 15) is 14.4 Å². The van der Waals surface area contributed by atoms with Gasteiger partial charge in [0, 0.05) is 5.56 Å². The van der Waals surface area contributed by atoms with E-state index < -0.39 is 11.6 Å². The molecule has 2 aromatic rings. The molecule has 0 radical (unpaired) electrons. The van der Waals surface area contributed by atoms with Gasteiger partial charge in [0.05, 0.1) is 5.56 Å². The Morgan fingerprint density at radius 2 is 1.91 bits per heavy atom. The molecule has 0 N–H and O–H groups in total. The van der Waals surface area contributed by atoms with Gasteiger partial charge in [0.15, 0.2) is 0 Å². The minimum Gasteiger partial charge on any atom is -0.489 e. The average Bonchev–Trinajstić information content (AvgIpc) is 2.58. The first kappa shape index (κ1) is 16.2. The molecule has 4 heteroatoms. The van der Waals surface area contributed by atoms with E-state index in [1.165, 1.54) is 24.3 Å². The molecular weight excluding hydrogens is 293 g/mol. The zero-order chi connectivity index (χ0) is 16.7. The fourth-order valence-corrected chi connectivity index (χ4v) is 1.97. The Balaban J connectivity index is 2.40. The molecule has 0 atom stereocenters. The maximum Gasteiger partial charge on any atom is 0.206 e. The number of halogens is 1. The van der Waals surface area contributed by atoms with E-state index >= 15 is 0 Å². The SMILES string of the molecule is C=CCOc1ccccc1/C=C(\C#N)C(=O)c1ccccc1F. The van der Waals surface area contributed by atoms with Crippen molar-refractivity contribution in [1.82, 2.24) is 0 Å². The quantitative estimate of drug-likeness (QED) is 0.348. The van der Waals surface area contributed by atoms with Crippen molar-refractivity contribution < 1.29 is 13.9 Å². The molecule has 2 rings (SSSR count). The first-order chi connectivity index (χ1) is 11.2. The van der Waals surface area contributed by atoms with E-state index in [-0.39, 0.29) is 11.1 Å². The molecular formula is C19H14FNO2. The van der Waals surface area contributed by atoms with Gasteiger partial charge in [0.1, 0.15) is 29.8 Å². The molecule has 0 heterocycles. The van der Waals surface area contributed by atoms with Crippen LogP contribution in [0.4, 0.5) is 4.39 Å². The third-order valence-corrected chi connectivity index (χ3v) is 3.06. The van der Waals surface area contributed by atoms with Crippen LogP contribution in [0.2, 0.25) is 0 Å². The summed E-state index contributed by atoms with van der Waals surface area (Å²) >= 11 is 0. The topological polar surface area (TPSA) is 50.1 Å². The summed E-state index contributed by atoms with van der Waals surface area (Å²) in [5.74, 6) is -0.805. The molecule has 0 saturated heterocycles. The largest absolute Gasteiger partial charge is 0.489 e. The minimum atomic E-state index is -0.663. The van der Waals surface area contributed by atoms with Crippen LogP contribution in [0, 0.1) is 17.1 Å². The summed E-state index contributed by atoms with van der Waals surface area (Å²) in [6.45, 7) is 3.87. The maximum atomic E-state index is 13.7. The minimum absolute atomic E-state index is 0.134. The molecule has 23 heavy (non-hydrogen) atoms. The molecule has 3 nitrogen and oxygen atoms in total. The smallest absolute Gasteiger partial charge is 0.206 e. The molecule has 0 fully saturated rings. The molecule has 0 saturated carbocycles.